The first-order chi connectivity index (χ1) is 12.6. The van der Waals surface area contributed by atoms with E-state index in [1.165, 1.54) is 6.07 Å². The maximum absolute atomic E-state index is 14.0. The van der Waals surface area contributed by atoms with E-state index in [2.05, 4.69) is 0 Å². The second-order valence-corrected chi connectivity index (χ2v) is 6.55. The molecular formula is C21H24FNO3. The van der Waals surface area contributed by atoms with Gasteiger partial charge >= 0.3 is 0 Å². The summed E-state index contributed by atoms with van der Waals surface area (Å²) in [4.78, 5) is 14.4. The van der Waals surface area contributed by atoms with Crippen molar-refractivity contribution in [2.24, 2.45) is 0 Å². The summed E-state index contributed by atoms with van der Waals surface area (Å²) in [5.41, 5.74) is 1.47. The SMILES string of the molecule is Cc1ccccc1OCC(=O)N(Cc1ccccc1F)CC1CCCO1. The molecule has 2 aromatic carbocycles. The number of benzene rings is 2. The Morgan fingerprint density at radius 3 is 2.73 bits per heavy atom. The molecule has 1 saturated heterocycles. The van der Waals surface area contributed by atoms with Crippen LogP contribution in [0.15, 0.2) is 48.5 Å². The normalized spacial score (nSPS) is 16.5. The van der Waals surface area contributed by atoms with Crippen molar-refractivity contribution in [1.29, 1.82) is 0 Å². The Morgan fingerprint density at radius 2 is 2.00 bits per heavy atom. The highest BCUT2D eigenvalue weighted by Gasteiger charge is 2.24. The van der Waals surface area contributed by atoms with Crippen LogP contribution in [0.5, 0.6) is 5.75 Å². The molecule has 26 heavy (non-hydrogen) atoms. The number of para-hydroxylation sites is 1. The van der Waals surface area contributed by atoms with E-state index in [1.54, 1.807) is 23.1 Å². The summed E-state index contributed by atoms with van der Waals surface area (Å²) in [7, 11) is 0. The van der Waals surface area contributed by atoms with E-state index < -0.39 is 0 Å². The van der Waals surface area contributed by atoms with Gasteiger partial charge < -0.3 is 14.4 Å². The van der Waals surface area contributed by atoms with Gasteiger partial charge in [-0.1, -0.05) is 36.4 Å². The van der Waals surface area contributed by atoms with Crippen LogP contribution in [0.2, 0.25) is 0 Å². The zero-order valence-corrected chi connectivity index (χ0v) is 15.0. The third-order valence-corrected chi connectivity index (χ3v) is 4.56. The summed E-state index contributed by atoms with van der Waals surface area (Å²) in [6.07, 6.45) is 1.91. The van der Waals surface area contributed by atoms with Gasteiger partial charge in [0.2, 0.25) is 0 Å². The number of nitrogens with zero attached hydrogens (tertiary/aromatic N) is 1. The zero-order valence-electron chi connectivity index (χ0n) is 15.0. The van der Waals surface area contributed by atoms with Crippen LogP contribution < -0.4 is 4.74 Å². The van der Waals surface area contributed by atoms with Gasteiger partial charge in [0.1, 0.15) is 11.6 Å². The van der Waals surface area contributed by atoms with Crippen molar-refractivity contribution in [3.05, 3.63) is 65.5 Å². The molecule has 1 aliphatic heterocycles. The average molecular weight is 357 g/mol. The number of carbonyl (C=O) groups is 1. The molecule has 0 saturated carbocycles. The Bertz CT molecular complexity index is 744. The summed E-state index contributed by atoms with van der Waals surface area (Å²) in [6.45, 7) is 3.23. The van der Waals surface area contributed by atoms with E-state index in [0.717, 1.165) is 18.4 Å². The predicted octanol–water partition coefficient (Wildman–Crippen LogP) is 3.72. The molecule has 0 bridgehead atoms. The fourth-order valence-electron chi connectivity index (χ4n) is 3.07. The van der Waals surface area contributed by atoms with Gasteiger partial charge in [-0.2, -0.15) is 0 Å². The molecule has 1 atom stereocenters. The fraction of sp³-hybridized carbons (Fsp3) is 0.381. The van der Waals surface area contributed by atoms with E-state index in [9.17, 15) is 9.18 Å². The lowest BCUT2D eigenvalue weighted by molar-refractivity contribution is -0.135. The second-order valence-electron chi connectivity index (χ2n) is 6.55. The molecule has 0 N–H and O–H groups in total. The van der Waals surface area contributed by atoms with Crippen LogP contribution in [0.4, 0.5) is 4.39 Å². The van der Waals surface area contributed by atoms with Crippen molar-refractivity contribution >= 4 is 5.91 Å². The number of amides is 1. The molecule has 1 amide bonds. The number of hydrogen-bond acceptors (Lipinski definition) is 3. The first-order valence-corrected chi connectivity index (χ1v) is 8.94. The van der Waals surface area contributed by atoms with Gasteiger partial charge in [-0.3, -0.25) is 4.79 Å². The summed E-state index contributed by atoms with van der Waals surface area (Å²) in [5.74, 6) is 0.202. The summed E-state index contributed by atoms with van der Waals surface area (Å²) in [5, 5.41) is 0. The molecule has 1 aliphatic rings. The Labute approximate surface area is 153 Å². The fourth-order valence-corrected chi connectivity index (χ4v) is 3.07. The second kappa shape index (κ2) is 8.81. The lowest BCUT2D eigenvalue weighted by Crippen LogP contribution is -2.39. The van der Waals surface area contributed by atoms with E-state index >= 15 is 0 Å². The molecule has 1 unspecified atom stereocenters. The third kappa shape index (κ3) is 4.82. The average Bonchev–Trinajstić information content (AvgIpc) is 3.15. The number of rotatable bonds is 7. The first kappa shape index (κ1) is 18.4. The smallest absolute Gasteiger partial charge is 0.260 e. The molecule has 138 valence electrons. The van der Waals surface area contributed by atoms with Crippen molar-refractivity contribution < 1.29 is 18.7 Å². The molecule has 0 radical (unpaired) electrons. The number of hydrogen-bond donors (Lipinski definition) is 0. The summed E-state index contributed by atoms with van der Waals surface area (Å²) >= 11 is 0. The highest BCUT2D eigenvalue weighted by atomic mass is 19.1. The standard InChI is InChI=1S/C21H24FNO3/c1-16-7-2-5-11-20(16)26-15-21(24)23(14-18-9-6-12-25-18)13-17-8-3-4-10-19(17)22/h2-5,7-8,10-11,18H,6,9,12-15H2,1H3. The number of aryl methyl sites for hydroxylation is 1. The van der Waals surface area contributed by atoms with Crippen molar-refractivity contribution in [1.82, 2.24) is 4.90 Å². The molecule has 4 nitrogen and oxygen atoms in total. The van der Waals surface area contributed by atoms with Crippen LogP contribution in [-0.2, 0) is 16.1 Å². The molecule has 1 heterocycles. The monoisotopic (exact) mass is 357 g/mol. The van der Waals surface area contributed by atoms with Crippen LogP contribution in [0.3, 0.4) is 0 Å². The molecule has 0 aromatic heterocycles. The Balaban J connectivity index is 1.68. The van der Waals surface area contributed by atoms with Gasteiger partial charge in [0.05, 0.1) is 6.10 Å². The van der Waals surface area contributed by atoms with Crippen molar-refractivity contribution in [3.8, 4) is 5.75 Å². The molecule has 5 heteroatoms. The minimum Gasteiger partial charge on any atom is -0.484 e. The third-order valence-electron chi connectivity index (χ3n) is 4.56. The number of ether oxygens (including phenoxy) is 2. The largest absolute Gasteiger partial charge is 0.484 e. The minimum absolute atomic E-state index is 0.00387. The van der Waals surface area contributed by atoms with E-state index in [1.807, 2.05) is 31.2 Å². The highest BCUT2D eigenvalue weighted by molar-refractivity contribution is 5.78. The van der Waals surface area contributed by atoms with Crippen LogP contribution in [0.1, 0.15) is 24.0 Å². The quantitative estimate of drug-likeness (QED) is 0.758. The summed E-state index contributed by atoms with van der Waals surface area (Å²) in [6, 6.07) is 14.1. The number of halogens is 1. The minimum atomic E-state index is -0.308. The molecular weight excluding hydrogens is 333 g/mol. The van der Waals surface area contributed by atoms with E-state index in [4.69, 9.17) is 9.47 Å². The topological polar surface area (TPSA) is 38.8 Å². The van der Waals surface area contributed by atoms with Crippen LogP contribution >= 0.6 is 0 Å². The van der Waals surface area contributed by atoms with Crippen LogP contribution in [0.25, 0.3) is 0 Å². The predicted molar refractivity (Wildman–Crippen MR) is 97.5 cm³/mol. The lowest BCUT2D eigenvalue weighted by atomic mass is 10.1. The molecule has 1 fully saturated rings. The number of carbonyl (C=O) groups excluding carboxylic acids is 1. The van der Waals surface area contributed by atoms with Gasteiger partial charge in [-0.25, -0.2) is 4.39 Å². The Kier molecular flexibility index (Phi) is 6.23. The van der Waals surface area contributed by atoms with E-state index in [0.29, 0.717) is 24.5 Å². The maximum atomic E-state index is 14.0. The van der Waals surface area contributed by atoms with Crippen molar-refractivity contribution in [3.63, 3.8) is 0 Å². The zero-order chi connectivity index (χ0) is 18.4. The van der Waals surface area contributed by atoms with Gasteiger partial charge in [0, 0.05) is 25.3 Å². The first-order valence-electron chi connectivity index (χ1n) is 8.94. The maximum Gasteiger partial charge on any atom is 0.260 e. The molecule has 3 rings (SSSR count). The highest BCUT2D eigenvalue weighted by Crippen LogP contribution is 2.19. The van der Waals surface area contributed by atoms with Crippen LogP contribution in [-0.4, -0.2) is 36.7 Å². The van der Waals surface area contributed by atoms with Crippen molar-refractivity contribution in [2.75, 3.05) is 19.8 Å². The lowest BCUT2D eigenvalue weighted by Gasteiger charge is -2.26. The van der Waals surface area contributed by atoms with Gasteiger partial charge in [-0.05, 0) is 37.5 Å². The van der Waals surface area contributed by atoms with E-state index in [-0.39, 0.29) is 31.0 Å². The Hall–Kier alpha value is -2.40. The molecule has 0 spiro atoms. The molecule has 2 aromatic rings. The summed E-state index contributed by atoms with van der Waals surface area (Å²) < 4.78 is 25.4. The van der Waals surface area contributed by atoms with Gasteiger partial charge in [-0.15, -0.1) is 0 Å². The Morgan fingerprint density at radius 1 is 1.23 bits per heavy atom. The molecule has 0 aliphatic carbocycles. The van der Waals surface area contributed by atoms with Gasteiger partial charge in [0.25, 0.3) is 5.91 Å². The van der Waals surface area contributed by atoms with Crippen LogP contribution in [0, 0.1) is 12.7 Å². The van der Waals surface area contributed by atoms with Gasteiger partial charge in [0.15, 0.2) is 6.61 Å². The van der Waals surface area contributed by atoms with Crippen molar-refractivity contribution in [2.45, 2.75) is 32.4 Å².